The van der Waals surface area contributed by atoms with Gasteiger partial charge in [-0.15, -0.1) is 10.2 Å². The van der Waals surface area contributed by atoms with Crippen LogP contribution in [0.15, 0.2) is 82.0 Å². The molecule has 0 unspecified atom stereocenters. The lowest BCUT2D eigenvalue weighted by molar-refractivity contribution is -0.111. The Morgan fingerprint density at radius 1 is 1.10 bits per heavy atom. The first-order valence-electron chi connectivity index (χ1n) is 9.26. The molecule has 1 amide bonds. The molecule has 31 heavy (non-hydrogen) atoms. The van der Waals surface area contributed by atoms with Crippen molar-refractivity contribution in [3.8, 4) is 21.9 Å². The van der Waals surface area contributed by atoms with E-state index in [4.69, 9.17) is 4.42 Å². The largest absolute Gasteiger partial charge is 0.457 e. The Kier molecular flexibility index (Phi) is 5.19. The minimum absolute atomic E-state index is 0.253. The van der Waals surface area contributed by atoms with Crippen LogP contribution in [-0.4, -0.2) is 25.7 Å². The van der Waals surface area contributed by atoms with Gasteiger partial charge in [0.15, 0.2) is 0 Å². The Morgan fingerprint density at radius 2 is 1.97 bits per heavy atom. The highest BCUT2D eigenvalue weighted by atomic mass is 79.9. The highest BCUT2D eigenvalue weighted by Crippen LogP contribution is 2.27. The molecule has 3 heterocycles. The summed E-state index contributed by atoms with van der Waals surface area (Å²) in [7, 11) is 0. The summed E-state index contributed by atoms with van der Waals surface area (Å²) in [6, 6.07) is 19.0. The van der Waals surface area contributed by atoms with E-state index < -0.39 is 0 Å². The predicted molar refractivity (Wildman–Crippen MR) is 124 cm³/mol. The lowest BCUT2D eigenvalue weighted by atomic mass is 10.2. The van der Waals surface area contributed by atoms with Gasteiger partial charge in [0.25, 0.3) is 0 Å². The van der Waals surface area contributed by atoms with Crippen molar-refractivity contribution in [3.05, 3.63) is 83.3 Å². The minimum Gasteiger partial charge on any atom is -0.457 e. The smallest absolute Gasteiger partial charge is 0.248 e. The van der Waals surface area contributed by atoms with Gasteiger partial charge in [-0.3, -0.25) is 4.79 Å². The van der Waals surface area contributed by atoms with E-state index >= 15 is 0 Å². The minimum atomic E-state index is -0.253. The number of aromatic nitrogens is 4. The molecule has 2 aromatic carbocycles. The van der Waals surface area contributed by atoms with Crippen molar-refractivity contribution in [2.75, 3.05) is 5.32 Å². The number of halogens is 1. The predicted octanol–water partition coefficient (Wildman–Crippen LogP) is 5.53. The van der Waals surface area contributed by atoms with Crippen molar-refractivity contribution in [1.82, 2.24) is 19.8 Å². The molecule has 7 nitrogen and oxygen atoms in total. The number of furan rings is 1. The third-order valence-electron chi connectivity index (χ3n) is 4.42. The molecule has 152 valence electrons. The summed E-state index contributed by atoms with van der Waals surface area (Å²) < 4.78 is 8.44. The summed E-state index contributed by atoms with van der Waals surface area (Å²) >= 11 is 4.85. The lowest BCUT2D eigenvalue weighted by Gasteiger charge is -2.03. The number of carbonyl (C=O) groups excluding carboxylic acids is 1. The fraction of sp³-hybridized carbons (Fsp3) is 0. The lowest BCUT2D eigenvalue weighted by Crippen LogP contribution is -2.07. The second kappa shape index (κ2) is 8.29. The number of hydrogen-bond acceptors (Lipinski definition) is 6. The van der Waals surface area contributed by atoms with Gasteiger partial charge in [0.05, 0.1) is 0 Å². The van der Waals surface area contributed by atoms with Crippen molar-refractivity contribution in [3.63, 3.8) is 0 Å². The molecule has 0 atom stereocenters. The number of carbonyl (C=O) groups is 1. The third-order valence-corrected chi connectivity index (χ3v) is 5.91. The van der Waals surface area contributed by atoms with Gasteiger partial charge in [-0.2, -0.15) is 9.61 Å². The molecule has 0 aliphatic heterocycles. The maximum absolute atomic E-state index is 12.4. The van der Waals surface area contributed by atoms with Crippen LogP contribution in [0.2, 0.25) is 0 Å². The van der Waals surface area contributed by atoms with E-state index in [-0.39, 0.29) is 5.91 Å². The number of hydrogen-bond donors (Lipinski definition) is 1. The fourth-order valence-electron chi connectivity index (χ4n) is 2.96. The molecular formula is C22H14BrN5O2S. The Bertz CT molecular complexity index is 1370. The molecule has 9 heteroatoms. The molecule has 0 radical (unpaired) electrons. The average molecular weight is 492 g/mol. The quantitative estimate of drug-likeness (QED) is 0.326. The number of nitrogens with one attached hydrogen (secondary N) is 1. The Hall–Kier alpha value is -3.56. The van der Waals surface area contributed by atoms with E-state index in [0.717, 1.165) is 26.4 Å². The van der Waals surface area contributed by atoms with Gasteiger partial charge in [-0.1, -0.05) is 51.5 Å². The maximum atomic E-state index is 12.4. The van der Waals surface area contributed by atoms with Crippen molar-refractivity contribution in [2.24, 2.45) is 0 Å². The number of fused-ring (bicyclic) bond motifs is 1. The van der Waals surface area contributed by atoms with Crippen LogP contribution >= 0.6 is 27.3 Å². The zero-order valence-electron chi connectivity index (χ0n) is 15.9. The molecule has 0 aliphatic carbocycles. The summed E-state index contributed by atoms with van der Waals surface area (Å²) in [6.07, 6.45) is 4.65. The molecule has 5 rings (SSSR count). The first-order chi connectivity index (χ1) is 15.1. The molecule has 5 aromatic rings. The van der Waals surface area contributed by atoms with Gasteiger partial charge >= 0.3 is 0 Å². The number of nitrogens with zero attached hydrogens (tertiary/aromatic N) is 4. The summed E-state index contributed by atoms with van der Waals surface area (Å²) in [4.78, 5) is 13.1. The first-order valence-corrected chi connectivity index (χ1v) is 10.9. The van der Waals surface area contributed by atoms with Crippen molar-refractivity contribution in [1.29, 1.82) is 0 Å². The van der Waals surface area contributed by atoms with Crippen LogP contribution in [-0.2, 0) is 4.79 Å². The second-order valence-corrected chi connectivity index (χ2v) is 8.45. The van der Waals surface area contributed by atoms with Crippen LogP contribution in [0, 0.1) is 0 Å². The maximum Gasteiger partial charge on any atom is 0.248 e. The topological polar surface area (TPSA) is 85.3 Å². The molecule has 0 spiro atoms. The van der Waals surface area contributed by atoms with Crippen LogP contribution < -0.4 is 5.32 Å². The van der Waals surface area contributed by atoms with Crippen LogP contribution in [0.1, 0.15) is 5.76 Å². The molecular weight excluding hydrogens is 478 g/mol. The van der Waals surface area contributed by atoms with Crippen LogP contribution in [0.5, 0.6) is 0 Å². The normalized spacial score (nSPS) is 11.4. The van der Waals surface area contributed by atoms with Crippen LogP contribution in [0.3, 0.4) is 0 Å². The standard InChI is InChI=1S/C22H14BrN5O2S/c23-16-6-4-14(5-7-16)19-10-8-18(30-19)9-11-20(29)25-17-3-1-2-15(12-17)21-27-28-13-24-26-22(28)31-21/h1-13H,(H,25,29)/b11-9+. The van der Waals surface area contributed by atoms with E-state index in [2.05, 4.69) is 36.5 Å². The van der Waals surface area contributed by atoms with E-state index in [9.17, 15) is 4.79 Å². The highest BCUT2D eigenvalue weighted by Gasteiger charge is 2.09. The molecule has 0 fully saturated rings. The summed E-state index contributed by atoms with van der Waals surface area (Å²) in [6.45, 7) is 0. The fourth-order valence-corrected chi connectivity index (χ4v) is 4.04. The first kappa shape index (κ1) is 19.4. The SMILES string of the molecule is O=C(/C=C/c1ccc(-c2ccc(Br)cc2)o1)Nc1cccc(-c2nn3cnnc3s2)c1. The number of anilines is 1. The number of amides is 1. The van der Waals surface area contributed by atoms with Crippen molar-refractivity contribution >= 4 is 49.9 Å². The number of benzene rings is 2. The Balaban J connectivity index is 1.27. The van der Waals surface area contributed by atoms with E-state index in [1.54, 1.807) is 16.9 Å². The summed E-state index contributed by atoms with van der Waals surface area (Å²) in [5.74, 6) is 1.09. The third kappa shape index (κ3) is 4.32. The highest BCUT2D eigenvalue weighted by molar-refractivity contribution is 9.10. The van der Waals surface area contributed by atoms with Gasteiger partial charge in [0, 0.05) is 27.4 Å². The molecule has 0 bridgehead atoms. The Labute approximate surface area is 189 Å². The molecule has 1 N–H and O–H groups in total. The molecule has 3 aromatic heterocycles. The van der Waals surface area contributed by atoms with Crippen LogP contribution in [0.25, 0.3) is 32.9 Å². The van der Waals surface area contributed by atoms with E-state index in [1.807, 2.05) is 60.7 Å². The van der Waals surface area contributed by atoms with Crippen LogP contribution in [0.4, 0.5) is 5.69 Å². The summed E-state index contributed by atoms with van der Waals surface area (Å²) in [5, 5.41) is 15.9. The van der Waals surface area contributed by atoms with Crippen molar-refractivity contribution in [2.45, 2.75) is 0 Å². The number of rotatable bonds is 5. The van der Waals surface area contributed by atoms with Gasteiger partial charge in [0.2, 0.25) is 10.9 Å². The molecule has 0 saturated heterocycles. The molecule has 0 saturated carbocycles. The van der Waals surface area contributed by atoms with Crippen molar-refractivity contribution < 1.29 is 9.21 Å². The van der Waals surface area contributed by atoms with E-state index in [0.29, 0.717) is 16.4 Å². The monoisotopic (exact) mass is 491 g/mol. The zero-order chi connectivity index (χ0) is 21.2. The van der Waals surface area contributed by atoms with E-state index in [1.165, 1.54) is 17.4 Å². The second-order valence-electron chi connectivity index (χ2n) is 6.58. The van der Waals surface area contributed by atoms with Gasteiger partial charge in [0.1, 0.15) is 22.9 Å². The Morgan fingerprint density at radius 3 is 2.81 bits per heavy atom. The summed E-state index contributed by atoms with van der Waals surface area (Å²) in [5.41, 5.74) is 2.53. The van der Waals surface area contributed by atoms with Gasteiger partial charge < -0.3 is 9.73 Å². The average Bonchev–Trinajstić information content (AvgIpc) is 3.49. The molecule has 0 aliphatic rings. The van der Waals surface area contributed by atoms with Gasteiger partial charge in [-0.25, -0.2) is 0 Å². The van der Waals surface area contributed by atoms with Gasteiger partial charge in [-0.05, 0) is 42.5 Å². The zero-order valence-corrected chi connectivity index (χ0v) is 18.3.